The molecule has 3 aliphatic rings. The summed E-state index contributed by atoms with van der Waals surface area (Å²) in [5.41, 5.74) is 2.86. The van der Waals surface area contributed by atoms with Gasteiger partial charge in [-0.3, -0.25) is 0 Å². The van der Waals surface area contributed by atoms with Crippen molar-refractivity contribution in [3.05, 3.63) is 35.4 Å². The molecule has 2 saturated carbocycles. The molecule has 0 aliphatic heterocycles. The van der Waals surface area contributed by atoms with Gasteiger partial charge < -0.3 is 0 Å². The maximum Gasteiger partial charge on any atom is 0.214 e. The van der Waals surface area contributed by atoms with Gasteiger partial charge in [0.25, 0.3) is 0 Å². The molecule has 3 nitrogen and oxygen atoms in total. The van der Waals surface area contributed by atoms with E-state index in [1.807, 2.05) is 0 Å². The summed E-state index contributed by atoms with van der Waals surface area (Å²) in [6.45, 7) is 0. The molecular weight excluding hydrogens is 294 g/mol. The predicted molar refractivity (Wildman–Crippen MR) is 88.2 cm³/mol. The Morgan fingerprint density at radius 1 is 0.864 bits per heavy atom. The normalized spacial score (nSPS) is 31.9. The largest absolute Gasteiger partial charge is 0.214 e. The van der Waals surface area contributed by atoms with E-state index in [1.165, 1.54) is 11.1 Å². The molecule has 4 rings (SSSR count). The molecule has 2 unspecified atom stereocenters. The molecule has 4 heteroatoms. The number of rotatable bonds is 3. The van der Waals surface area contributed by atoms with Gasteiger partial charge in [0.05, 0.1) is 5.25 Å². The lowest BCUT2D eigenvalue weighted by Crippen LogP contribution is -2.45. The molecule has 0 amide bonds. The van der Waals surface area contributed by atoms with Gasteiger partial charge in [-0.05, 0) is 61.5 Å². The first-order chi connectivity index (χ1) is 10.6. The van der Waals surface area contributed by atoms with Crippen LogP contribution in [0, 0.1) is 11.8 Å². The lowest BCUT2D eigenvalue weighted by molar-refractivity contribution is 0.384. The van der Waals surface area contributed by atoms with Crippen LogP contribution in [0.2, 0.25) is 0 Å². The van der Waals surface area contributed by atoms with Crippen LogP contribution in [0.25, 0.3) is 0 Å². The first-order valence-electron chi connectivity index (χ1n) is 8.71. The van der Waals surface area contributed by atoms with Crippen LogP contribution in [-0.4, -0.2) is 19.7 Å². The summed E-state index contributed by atoms with van der Waals surface area (Å²) >= 11 is 0. The Kier molecular flexibility index (Phi) is 3.77. The minimum Gasteiger partial charge on any atom is -0.212 e. The standard InChI is InChI=1S/C18H25NO2S/c20-22(21,17-7-3-4-8-17)19-18-15-9-10-16(18)12-14-6-2-1-5-13(14)11-15/h1-2,5-6,15-19H,3-4,7-12H2. The van der Waals surface area contributed by atoms with Crippen molar-refractivity contribution in [1.29, 1.82) is 0 Å². The van der Waals surface area contributed by atoms with E-state index in [1.54, 1.807) is 0 Å². The second-order valence-corrected chi connectivity index (χ2v) is 9.36. The van der Waals surface area contributed by atoms with Gasteiger partial charge in [0, 0.05) is 6.04 Å². The van der Waals surface area contributed by atoms with Gasteiger partial charge in [0.15, 0.2) is 0 Å². The summed E-state index contributed by atoms with van der Waals surface area (Å²) < 4.78 is 28.5. The molecule has 2 bridgehead atoms. The minimum atomic E-state index is -3.14. The number of hydrogen-bond acceptors (Lipinski definition) is 2. The van der Waals surface area contributed by atoms with Crippen LogP contribution in [0.1, 0.15) is 49.7 Å². The molecular formula is C18H25NO2S. The lowest BCUT2D eigenvalue weighted by atomic mass is 9.94. The Bertz CT molecular complexity index is 616. The number of hydrogen-bond donors (Lipinski definition) is 1. The maximum absolute atomic E-state index is 12.7. The van der Waals surface area contributed by atoms with Crippen LogP contribution in [-0.2, 0) is 22.9 Å². The molecule has 0 aromatic heterocycles. The highest BCUT2D eigenvalue weighted by Crippen LogP contribution is 2.40. The average molecular weight is 319 g/mol. The van der Waals surface area contributed by atoms with Gasteiger partial charge in [-0.25, -0.2) is 13.1 Å². The van der Waals surface area contributed by atoms with Crippen LogP contribution in [0.5, 0.6) is 0 Å². The predicted octanol–water partition coefficient (Wildman–Crippen LogP) is 3.04. The van der Waals surface area contributed by atoms with Crippen molar-refractivity contribution in [2.75, 3.05) is 0 Å². The highest BCUT2D eigenvalue weighted by atomic mass is 32.2. The zero-order chi connectivity index (χ0) is 15.2. The second kappa shape index (κ2) is 5.64. The Hall–Kier alpha value is -0.870. The third kappa shape index (κ3) is 2.61. The van der Waals surface area contributed by atoms with E-state index in [0.29, 0.717) is 11.8 Å². The smallest absolute Gasteiger partial charge is 0.212 e. The number of sulfonamides is 1. The van der Waals surface area contributed by atoms with Crippen molar-refractivity contribution in [3.63, 3.8) is 0 Å². The Labute approximate surface area is 133 Å². The topological polar surface area (TPSA) is 46.2 Å². The summed E-state index contributed by atoms with van der Waals surface area (Å²) in [5, 5.41) is -0.141. The van der Waals surface area contributed by atoms with Gasteiger partial charge >= 0.3 is 0 Å². The maximum atomic E-state index is 12.7. The van der Waals surface area contributed by atoms with Crippen molar-refractivity contribution >= 4 is 10.0 Å². The molecule has 1 aromatic carbocycles. The molecule has 22 heavy (non-hydrogen) atoms. The molecule has 1 N–H and O–H groups in total. The molecule has 0 heterocycles. The Morgan fingerprint density at radius 2 is 1.41 bits per heavy atom. The molecule has 120 valence electrons. The first-order valence-corrected chi connectivity index (χ1v) is 10.3. The fourth-order valence-electron chi connectivity index (χ4n) is 4.83. The second-order valence-electron chi connectivity index (χ2n) is 7.37. The highest BCUT2D eigenvalue weighted by molar-refractivity contribution is 7.90. The van der Waals surface area contributed by atoms with Crippen LogP contribution >= 0.6 is 0 Å². The quantitative estimate of drug-likeness (QED) is 0.931. The zero-order valence-electron chi connectivity index (χ0n) is 13.0. The van der Waals surface area contributed by atoms with Gasteiger partial charge in [0.2, 0.25) is 10.0 Å². The Morgan fingerprint density at radius 3 is 1.95 bits per heavy atom. The highest BCUT2D eigenvalue weighted by Gasteiger charge is 2.42. The number of benzene rings is 1. The fraction of sp³-hybridized carbons (Fsp3) is 0.667. The van der Waals surface area contributed by atoms with Crippen LogP contribution < -0.4 is 4.72 Å². The van der Waals surface area contributed by atoms with Crippen molar-refractivity contribution in [1.82, 2.24) is 4.72 Å². The molecule has 0 saturated heterocycles. The van der Waals surface area contributed by atoms with Gasteiger partial charge in [-0.15, -0.1) is 0 Å². The fourth-order valence-corrected chi connectivity index (χ4v) is 6.74. The zero-order valence-corrected chi connectivity index (χ0v) is 13.8. The van der Waals surface area contributed by atoms with Crippen LogP contribution in [0.4, 0.5) is 0 Å². The van der Waals surface area contributed by atoms with E-state index in [-0.39, 0.29) is 11.3 Å². The number of nitrogens with one attached hydrogen (secondary N) is 1. The minimum absolute atomic E-state index is 0.141. The summed E-state index contributed by atoms with van der Waals surface area (Å²) in [7, 11) is -3.14. The first kappa shape index (κ1) is 14.7. The van der Waals surface area contributed by atoms with Crippen molar-refractivity contribution in [3.8, 4) is 0 Å². The summed E-state index contributed by atoms with van der Waals surface area (Å²) in [6.07, 6.45) is 8.21. The molecule has 2 fully saturated rings. The van der Waals surface area contributed by atoms with Crippen molar-refractivity contribution < 1.29 is 8.42 Å². The van der Waals surface area contributed by atoms with E-state index in [4.69, 9.17) is 0 Å². The Balaban J connectivity index is 1.56. The van der Waals surface area contributed by atoms with E-state index in [0.717, 1.165) is 51.4 Å². The van der Waals surface area contributed by atoms with Gasteiger partial charge in [0.1, 0.15) is 0 Å². The van der Waals surface area contributed by atoms with Crippen molar-refractivity contribution in [2.24, 2.45) is 11.8 Å². The summed E-state index contributed by atoms with van der Waals surface area (Å²) in [5.74, 6) is 0.953. The molecule has 2 atom stereocenters. The number of fused-ring (bicyclic) bond motifs is 3. The van der Waals surface area contributed by atoms with Crippen LogP contribution in [0.3, 0.4) is 0 Å². The van der Waals surface area contributed by atoms with Crippen LogP contribution in [0.15, 0.2) is 24.3 Å². The van der Waals surface area contributed by atoms with Gasteiger partial charge in [-0.1, -0.05) is 37.1 Å². The van der Waals surface area contributed by atoms with E-state index in [9.17, 15) is 8.42 Å². The van der Waals surface area contributed by atoms with Gasteiger partial charge in [-0.2, -0.15) is 0 Å². The molecule has 1 aromatic rings. The summed E-state index contributed by atoms with van der Waals surface area (Å²) in [6, 6.07) is 8.81. The molecule has 3 aliphatic carbocycles. The third-order valence-electron chi connectivity index (χ3n) is 6.05. The average Bonchev–Trinajstić information content (AvgIpc) is 3.09. The van der Waals surface area contributed by atoms with E-state index < -0.39 is 10.0 Å². The summed E-state index contributed by atoms with van der Waals surface area (Å²) in [4.78, 5) is 0. The molecule has 0 radical (unpaired) electrons. The monoisotopic (exact) mass is 319 g/mol. The lowest BCUT2D eigenvalue weighted by Gasteiger charge is -2.25. The SMILES string of the molecule is O=S(=O)(NC1C2CCC1Cc1ccccc1C2)C1CCCC1. The van der Waals surface area contributed by atoms with E-state index in [2.05, 4.69) is 29.0 Å². The third-order valence-corrected chi connectivity index (χ3v) is 8.00. The van der Waals surface area contributed by atoms with E-state index >= 15 is 0 Å². The molecule has 0 spiro atoms. The van der Waals surface area contributed by atoms with Crippen molar-refractivity contribution in [2.45, 2.75) is 62.7 Å².